The van der Waals surface area contributed by atoms with Crippen molar-refractivity contribution < 1.29 is 4.79 Å². The molecule has 0 saturated heterocycles. The van der Waals surface area contributed by atoms with E-state index in [0.29, 0.717) is 22.3 Å². The van der Waals surface area contributed by atoms with Gasteiger partial charge in [-0.1, -0.05) is 50.9 Å². The summed E-state index contributed by atoms with van der Waals surface area (Å²) in [5.74, 6) is -0.0297. The highest BCUT2D eigenvalue weighted by Gasteiger charge is 2.26. The maximum Gasteiger partial charge on any atom is 0.243 e. The fourth-order valence-corrected chi connectivity index (χ4v) is 3.46. The SMILES string of the molecule is CCN(CC)CC(C(=O)Nc1c(C)cc(Cl)cc1Cl)N(CC)CC. The Hall–Kier alpha value is -0.810. The third-order valence-electron chi connectivity index (χ3n) is 4.38. The number of benzene rings is 1. The lowest BCUT2D eigenvalue weighted by molar-refractivity contribution is -0.121. The van der Waals surface area contributed by atoms with Crippen LogP contribution in [0.5, 0.6) is 0 Å². The van der Waals surface area contributed by atoms with E-state index in [4.69, 9.17) is 23.2 Å². The highest BCUT2D eigenvalue weighted by molar-refractivity contribution is 6.37. The van der Waals surface area contributed by atoms with Crippen LogP contribution in [-0.2, 0) is 4.79 Å². The average molecular weight is 374 g/mol. The molecule has 1 amide bonds. The number of hydrogen-bond acceptors (Lipinski definition) is 3. The maximum atomic E-state index is 13.0. The second kappa shape index (κ2) is 10.2. The predicted molar refractivity (Wildman–Crippen MR) is 104 cm³/mol. The summed E-state index contributed by atoms with van der Waals surface area (Å²) in [6.07, 6.45) is 0. The van der Waals surface area contributed by atoms with Crippen LogP contribution in [0.4, 0.5) is 5.69 Å². The van der Waals surface area contributed by atoms with Crippen molar-refractivity contribution in [2.45, 2.75) is 40.7 Å². The van der Waals surface area contributed by atoms with Crippen LogP contribution in [0.1, 0.15) is 33.3 Å². The van der Waals surface area contributed by atoms with Crippen molar-refractivity contribution in [3.8, 4) is 0 Å². The zero-order chi connectivity index (χ0) is 18.3. The van der Waals surface area contributed by atoms with E-state index in [1.54, 1.807) is 12.1 Å². The second-order valence-corrected chi connectivity index (χ2v) is 6.64. The Morgan fingerprint density at radius 1 is 1.08 bits per heavy atom. The number of rotatable bonds is 9. The Morgan fingerprint density at radius 2 is 1.67 bits per heavy atom. The first-order valence-electron chi connectivity index (χ1n) is 8.60. The molecule has 0 aliphatic carbocycles. The van der Waals surface area contributed by atoms with E-state index in [1.165, 1.54) is 0 Å². The first-order chi connectivity index (χ1) is 11.4. The molecule has 1 atom stereocenters. The van der Waals surface area contributed by atoms with Gasteiger partial charge >= 0.3 is 0 Å². The number of carbonyl (C=O) groups is 1. The Kier molecular flexibility index (Phi) is 9.06. The molecule has 0 aliphatic rings. The summed E-state index contributed by atoms with van der Waals surface area (Å²) in [6, 6.07) is 3.24. The normalized spacial score (nSPS) is 12.7. The van der Waals surface area contributed by atoms with Gasteiger partial charge in [-0.15, -0.1) is 0 Å². The van der Waals surface area contributed by atoms with Gasteiger partial charge in [-0.3, -0.25) is 9.69 Å². The molecule has 0 aromatic heterocycles. The number of aryl methyl sites for hydroxylation is 1. The van der Waals surface area contributed by atoms with Gasteiger partial charge in [0.05, 0.1) is 10.7 Å². The first-order valence-corrected chi connectivity index (χ1v) is 9.36. The standard InChI is InChI=1S/C18H29Cl2N3O/c1-6-22(7-2)12-16(23(8-3)9-4)18(24)21-17-13(5)10-14(19)11-15(17)20/h10-11,16H,6-9,12H2,1-5H3,(H,21,24). The Bertz CT molecular complexity index is 520. The van der Waals surface area contributed by atoms with Gasteiger partial charge in [0.1, 0.15) is 6.04 Å². The highest BCUT2D eigenvalue weighted by Crippen LogP contribution is 2.30. The van der Waals surface area contributed by atoms with Crippen molar-refractivity contribution in [3.05, 3.63) is 27.7 Å². The van der Waals surface area contributed by atoms with Gasteiger partial charge in [-0.2, -0.15) is 0 Å². The van der Waals surface area contributed by atoms with Crippen LogP contribution in [0.3, 0.4) is 0 Å². The Morgan fingerprint density at radius 3 is 2.12 bits per heavy atom. The van der Waals surface area contributed by atoms with Crippen LogP contribution in [-0.4, -0.2) is 54.5 Å². The molecule has 0 heterocycles. The molecule has 0 saturated carbocycles. The Balaban J connectivity index is 3.03. The topological polar surface area (TPSA) is 35.6 Å². The minimum absolute atomic E-state index is 0.0297. The molecule has 136 valence electrons. The molecule has 1 N–H and O–H groups in total. The molecule has 6 heteroatoms. The third-order valence-corrected chi connectivity index (χ3v) is 4.90. The zero-order valence-corrected chi connectivity index (χ0v) is 16.8. The van der Waals surface area contributed by atoms with Crippen molar-refractivity contribution in [1.82, 2.24) is 9.80 Å². The monoisotopic (exact) mass is 373 g/mol. The van der Waals surface area contributed by atoms with Gasteiger partial charge in [0.25, 0.3) is 0 Å². The number of halogens is 2. The van der Waals surface area contributed by atoms with Crippen LogP contribution in [0, 0.1) is 6.92 Å². The smallest absolute Gasteiger partial charge is 0.243 e. The fraction of sp³-hybridized carbons (Fsp3) is 0.611. The largest absolute Gasteiger partial charge is 0.323 e. The summed E-state index contributed by atoms with van der Waals surface area (Å²) >= 11 is 12.3. The van der Waals surface area contributed by atoms with E-state index in [9.17, 15) is 4.79 Å². The van der Waals surface area contributed by atoms with Gasteiger partial charge in [0.15, 0.2) is 0 Å². The molecule has 0 radical (unpaired) electrons. The highest BCUT2D eigenvalue weighted by atomic mass is 35.5. The van der Waals surface area contributed by atoms with E-state index in [-0.39, 0.29) is 11.9 Å². The molecule has 0 aliphatic heterocycles. The average Bonchev–Trinajstić information content (AvgIpc) is 2.54. The molecular weight excluding hydrogens is 345 g/mol. The summed E-state index contributed by atoms with van der Waals surface area (Å²) in [5, 5.41) is 4.05. The fourth-order valence-electron chi connectivity index (χ4n) is 2.82. The Labute approximate surface area is 156 Å². The van der Waals surface area contributed by atoms with Crippen molar-refractivity contribution in [3.63, 3.8) is 0 Å². The second-order valence-electron chi connectivity index (χ2n) is 5.79. The molecule has 1 rings (SSSR count). The van der Waals surface area contributed by atoms with E-state index in [2.05, 4.69) is 42.8 Å². The van der Waals surface area contributed by atoms with Crippen molar-refractivity contribution in [2.24, 2.45) is 0 Å². The lowest BCUT2D eigenvalue weighted by Crippen LogP contribution is -2.50. The van der Waals surface area contributed by atoms with Crippen molar-refractivity contribution in [1.29, 1.82) is 0 Å². The summed E-state index contributed by atoms with van der Waals surface area (Å²) in [4.78, 5) is 17.4. The summed E-state index contributed by atoms with van der Waals surface area (Å²) in [7, 11) is 0. The number of hydrogen-bond donors (Lipinski definition) is 1. The molecular formula is C18H29Cl2N3O. The molecule has 1 aromatic rings. The van der Waals surface area contributed by atoms with Crippen LogP contribution in [0.2, 0.25) is 10.0 Å². The number of carbonyl (C=O) groups excluding carboxylic acids is 1. The molecule has 0 fully saturated rings. The van der Waals surface area contributed by atoms with Gasteiger partial charge in [0.2, 0.25) is 5.91 Å². The zero-order valence-electron chi connectivity index (χ0n) is 15.3. The first kappa shape index (κ1) is 21.2. The number of nitrogens with zero attached hydrogens (tertiary/aromatic N) is 2. The van der Waals surface area contributed by atoms with Gasteiger partial charge < -0.3 is 10.2 Å². The van der Waals surface area contributed by atoms with E-state index >= 15 is 0 Å². The minimum Gasteiger partial charge on any atom is -0.323 e. The van der Waals surface area contributed by atoms with E-state index < -0.39 is 0 Å². The van der Waals surface area contributed by atoms with Gasteiger partial charge in [-0.05, 0) is 50.8 Å². The summed E-state index contributed by atoms with van der Waals surface area (Å²) in [6.45, 7) is 14.5. The summed E-state index contributed by atoms with van der Waals surface area (Å²) in [5.41, 5.74) is 1.50. The third kappa shape index (κ3) is 5.62. The lowest BCUT2D eigenvalue weighted by Gasteiger charge is -2.32. The van der Waals surface area contributed by atoms with Crippen LogP contribution in [0.25, 0.3) is 0 Å². The van der Waals surface area contributed by atoms with Crippen LogP contribution >= 0.6 is 23.2 Å². The van der Waals surface area contributed by atoms with Crippen LogP contribution in [0.15, 0.2) is 12.1 Å². The van der Waals surface area contributed by atoms with Crippen molar-refractivity contribution in [2.75, 3.05) is 38.0 Å². The number of anilines is 1. The van der Waals surface area contributed by atoms with Crippen molar-refractivity contribution >= 4 is 34.8 Å². The predicted octanol–water partition coefficient (Wildman–Crippen LogP) is 4.29. The molecule has 0 spiro atoms. The van der Waals surface area contributed by atoms with Gasteiger partial charge in [0, 0.05) is 11.6 Å². The molecule has 1 unspecified atom stereocenters. The number of likely N-dealkylation sites (N-methyl/N-ethyl adjacent to an activating group) is 2. The molecule has 0 bridgehead atoms. The quantitative estimate of drug-likeness (QED) is 0.700. The van der Waals surface area contributed by atoms with Crippen LogP contribution < -0.4 is 5.32 Å². The molecule has 24 heavy (non-hydrogen) atoms. The minimum atomic E-state index is -0.217. The lowest BCUT2D eigenvalue weighted by atomic mass is 10.1. The summed E-state index contributed by atoms with van der Waals surface area (Å²) < 4.78 is 0. The van der Waals surface area contributed by atoms with Gasteiger partial charge in [-0.25, -0.2) is 0 Å². The number of amides is 1. The molecule has 1 aromatic carbocycles. The van der Waals surface area contributed by atoms with E-state index in [1.807, 2.05) is 6.92 Å². The molecule has 4 nitrogen and oxygen atoms in total. The van der Waals surface area contributed by atoms with E-state index in [0.717, 1.165) is 31.7 Å². The maximum absolute atomic E-state index is 13.0. The number of nitrogens with one attached hydrogen (secondary N) is 1.